The molecule has 2 aromatic rings. The average Bonchev–Trinajstić information content (AvgIpc) is 2.75. The molecule has 0 aromatic carbocycles. The van der Waals surface area contributed by atoms with Crippen molar-refractivity contribution >= 4 is 43.3 Å². The number of hydrogen-bond acceptors (Lipinski definition) is 4. The molecule has 0 radical (unpaired) electrons. The van der Waals surface area contributed by atoms with Gasteiger partial charge in [0.1, 0.15) is 12.1 Å². The first-order valence-corrected chi connectivity index (χ1v) is 8.04. The molecule has 0 amide bonds. The van der Waals surface area contributed by atoms with Crippen molar-refractivity contribution in [3.8, 4) is 0 Å². The molecule has 5 heteroatoms. The van der Waals surface area contributed by atoms with Crippen molar-refractivity contribution in [2.75, 3.05) is 18.0 Å². The number of thiophene rings is 1. The van der Waals surface area contributed by atoms with Crippen molar-refractivity contribution < 1.29 is 0 Å². The predicted molar refractivity (Wildman–Crippen MR) is 80.9 cm³/mol. The third kappa shape index (κ3) is 2.03. The van der Waals surface area contributed by atoms with Gasteiger partial charge in [-0.2, -0.15) is 0 Å². The summed E-state index contributed by atoms with van der Waals surface area (Å²) in [6.07, 6.45) is 2.91. The smallest absolute Gasteiger partial charge is 0.150 e. The molecule has 18 heavy (non-hydrogen) atoms. The number of fused-ring (bicyclic) bond motifs is 1. The number of piperidine rings is 1. The van der Waals surface area contributed by atoms with Crippen molar-refractivity contribution in [1.82, 2.24) is 9.97 Å². The number of aryl methyl sites for hydroxylation is 1. The Bertz CT molecular complexity index is 568. The van der Waals surface area contributed by atoms with Gasteiger partial charge in [0.05, 0.1) is 10.2 Å². The molecule has 0 N–H and O–H groups in total. The van der Waals surface area contributed by atoms with Crippen LogP contribution in [0.4, 0.5) is 5.82 Å². The molecule has 3 nitrogen and oxygen atoms in total. The van der Waals surface area contributed by atoms with Crippen molar-refractivity contribution in [2.24, 2.45) is 5.92 Å². The van der Waals surface area contributed by atoms with Crippen LogP contribution >= 0.6 is 27.3 Å². The zero-order chi connectivity index (χ0) is 12.7. The molecule has 0 aliphatic carbocycles. The predicted octanol–water partition coefficient (Wildman–Crippen LogP) is 3.61. The highest BCUT2D eigenvalue weighted by Gasteiger charge is 2.26. The summed E-state index contributed by atoms with van der Waals surface area (Å²) < 4.78 is 1.23. The number of anilines is 1. The Morgan fingerprint density at radius 3 is 3.06 bits per heavy atom. The lowest BCUT2D eigenvalue weighted by Crippen LogP contribution is -2.40. The molecule has 2 unspecified atom stereocenters. The molecule has 3 rings (SSSR count). The zero-order valence-corrected chi connectivity index (χ0v) is 13.0. The average molecular weight is 326 g/mol. The van der Waals surface area contributed by atoms with E-state index in [0.29, 0.717) is 4.83 Å². The second-order valence-electron chi connectivity index (χ2n) is 5.02. The summed E-state index contributed by atoms with van der Waals surface area (Å²) in [4.78, 5) is 11.8. The minimum atomic E-state index is 0.553. The number of aromatic nitrogens is 2. The molecule has 96 valence electrons. The Labute approximate surface area is 119 Å². The molecule has 1 saturated heterocycles. The zero-order valence-electron chi connectivity index (χ0n) is 10.6. The van der Waals surface area contributed by atoms with Gasteiger partial charge in [-0.1, -0.05) is 22.9 Å². The van der Waals surface area contributed by atoms with E-state index in [0.717, 1.165) is 30.3 Å². The highest BCUT2D eigenvalue weighted by atomic mass is 79.9. The van der Waals surface area contributed by atoms with Crippen molar-refractivity contribution in [1.29, 1.82) is 0 Å². The topological polar surface area (TPSA) is 29.0 Å². The number of hydrogen-bond donors (Lipinski definition) is 0. The summed E-state index contributed by atoms with van der Waals surface area (Å²) in [7, 11) is 0. The Balaban J connectivity index is 1.99. The molecule has 1 fully saturated rings. The van der Waals surface area contributed by atoms with E-state index >= 15 is 0 Å². The summed E-state index contributed by atoms with van der Waals surface area (Å²) in [5, 5.41) is 2.17. The lowest BCUT2D eigenvalue weighted by Gasteiger charge is -2.35. The molecule has 1 aliphatic heterocycles. The van der Waals surface area contributed by atoms with E-state index in [4.69, 9.17) is 0 Å². The van der Waals surface area contributed by atoms with Crippen LogP contribution in [0.25, 0.3) is 10.2 Å². The van der Waals surface area contributed by atoms with E-state index < -0.39 is 0 Å². The van der Waals surface area contributed by atoms with Crippen LogP contribution < -0.4 is 4.90 Å². The van der Waals surface area contributed by atoms with Crippen LogP contribution in [0.1, 0.15) is 18.9 Å². The fraction of sp³-hybridized carbons (Fsp3) is 0.538. The van der Waals surface area contributed by atoms with Gasteiger partial charge in [0.15, 0.2) is 0 Å². The minimum Gasteiger partial charge on any atom is -0.354 e. The molecular weight excluding hydrogens is 310 g/mol. The van der Waals surface area contributed by atoms with E-state index in [1.165, 1.54) is 16.7 Å². The molecule has 2 aromatic heterocycles. The lowest BCUT2D eigenvalue weighted by atomic mass is 9.99. The second-order valence-corrected chi connectivity index (χ2v) is 7.08. The standard InChI is InChI=1S/C13H16BrN3S/c1-8-3-4-17(5-10(8)14)13-12-11(15-7-16-13)9(2)6-18-12/h6-8,10H,3-5H2,1-2H3. The number of nitrogens with zero attached hydrogens (tertiary/aromatic N) is 3. The van der Waals surface area contributed by atoms with Crippen molar-refractivity contribution in [3.63, 3.8) is 0 Å². The number of alkyl halides is 1. The van der Waals surface area contributed by atoms with Crippen LogP contribution in [0, 0.1) is 12.8 Å². The molecular formula is C13H16BrN3S. The highest BCUT2D eigenvalue weighted by Crippen LogP contribution is 2.34. The van der Waals surface area contributed by atoms with E-state index in [-0.39, 0.29) is 0 Å². The molecule has 3 heterocycles. The van der Waals surface area contributed by atoms with Crippen LogP contribution in [-0.2, 0) is 0 Å². The minimum absolute atomic E-state index is 0.553. The van der Waals surface area contributed by atoms with Gasteiger partial charge in [-0.15, -0.1) is 11.3 Å². The van der Waals surface area contributed by atoms with E-state index in [1.807, 2.05) is 0 Å². The molecule has 2 atom stereocenters. The molecule has 0 spiro atoms. The normalized spacial score (nSPS) is 24.7. The van der Waals surface area contributed by atoms with Crippen molar-refractivity contribution in [2.45, 2.75) is 25.1 Å². The summed E-state index contributed by atoms with van der Waals surface area (Å²) in [5.41, 5.74) is 2.36. The Morgan fingerprint density at radius 1 is 1.44 bits per heavy atom. The largest absolute Gasteiger partial charge is 0.354 e. The molecule has 0 saturated carbocycles. The Hall–Kier alpha value is -0.680. The van der Waals surface area contributed by atoms with Gasteiger partial charge >= 0.3 is 0 Å². The molecule has 0 bridgehead atoms. The first kappa shape index (κ1) is 12.4. The van der Waals surface area contributed by atoms with Gasteiger partial charge in [-0.3, -0.25) is 0 Å². The van der Waals surface area contributed by atoms with Gasteiger partial charge in [0.25, 0.3) is 0 Å². The third-order valence-corrected chi connectivity index (χ3v) is 5.95. The van der Waals surface area contributed by atoms with Crippen LogP contribution in [0.5, 0.6) is 0 Å². The number of rotatable bonds is 1. The summed E-state index contributed by atoms with van der Waals surface area (Å²) in [5.74, 6) is 1.85. The maximum atomic E-state index is 4.51. The van der Waals surface area contributed by atoms with Crippen LogP contribution in [0.3, 0.4) is 0 Å². The fourth-order valence-corrected chi connectivity index (χ4v) is 4.03. The van der Waals surface area contributed by atoms with Crippen LogP contribution in [-0.4, -0.2) is 27.9 Å². The first-order chi connectivity index (χ1) is 8.66. The Kier molecular flexibility index (Phi) is 3.28. The second kappa shape index (κ2) is 4.78. The summed E-state index contributed by atoms with van der Waals surface area (Å²) >= 11 is 5.53. The van der Waals surface area contributed by atoms with Gasteiger partial charge in [-0.25, -0.2) is 9.97 Å². The quantitative estimate of drug-likeness (QED) is 0.750. The van der Waals surface area contributed by atoms with Gasteiger partial charge in [0, 0.05) is 17.9 Å². The van der Waals surface area contributed by atoms with E-state index in [1.54, 1.807) is 17.7 Å². The van der Waals surface area contributed by atoms with Crippen LogP contribution in [0.2, 0.25) is 0 Å². The van der Waals surface area contributed by atoms with Gasteiger partial charge in [-0.05, 0) is 30.2 Å². The highest BCUT2D eigenvalue weighted by molar-refractivity contribution is 9.09. The van der Waals surface area contributed by atoms with Crippen LogP contribution in [0.15, 0.2) is 11.7 Å². The number of halogens is 1. The van der Waals surface area contributed by atoms with Gasteiger partial charge in [0.2, 0.25) is 0 Å². The van der Waals surface area contributed by atoms with Crippen molar-refractivity contribution in [3.05, 3.63) is 17.3 Å². The lowest BCUT2D eigenvalue weighted by molar-refractivity contribution is 0.455. The molecule has 1 aliphatic rings. The monoisotopic (exact) mass is 325 g/mol. The maximum Gasteiger partial charge on any atom is 0.150 e. The summed E-state index contributed by atoms with van der Waals surface area (Å²) in [6, 6.07) is 0. The first-order valence-electron chi connectivity index (χ1n) is 6.24. The maximum absolute atomic E-state index is 4.51. The van der Waals surface area contributed by atoms with E-state index in [9.17, 15) is 0 Å². The summed E-state index contributed by atoms with van der Waals surface area (Å²) in [6.45, 7) is 6.54. The Morgan fingerprint density at radius 2 is 2.28 bits per heavy atom. The fourth-order valence-electron chi connectivity index (χ4n) is 2.40. The van der Waals surface area contributed by atoms with E-state index in [2.05, 4.69) is 50.0 Å². The third-order valence-electron chi connectivity index (χ3n) is 3.68. The van der Waals surface area contributed by atoms with Gasteiger partial charge < -0.3 is 4.90 Å². The SMILES string of the molecule is Cc1csc2c(N3CCC(C)C(Br)C3)ncnc12.